The summed E-state index contributed by atoms with van der Waals surface area (Å²) in [7, 11) is 0. The Morgan fingerprint density at radius 2 is 1.62 bits per heavy atom. The van der Waals surface area contributed by atoms with Crippen molar-refractivity contribution in [2.45, 2.75) is 58.8 Å². The highest BCUT2D eigenvalue weighted by molar-refractivity contribution is 5.75. The largest absolute Gasteiger partial charge is 0.356 e. The first-order chi connectivity index (χ1) is 7.81. The number of hydrogen-bond donors (Lipinski definition) is 2. The molecule has 0 bridgehead atoms. The van der Waals surface area contributed by atoms with Gasteiger partial charge in [0.15, 0.2) is 0 Å². The summed E-state index contributed by atoms with van der Waals surface area (Å²) in [6.45, 7) is 6.77. The van der Waals surface area contributed by atoms with Crippen molar-refractivity contribution in [2.75, 3.05) is 19.6 Å². The molecule has 0 aliphatic rings. The maximum atomic E-state index is 11.1. The SMILES string of the molecule is CCCCCCCCNCCC(=O)NCC. The first kappa shape index (κ1) is 15.4. The van der Waals surface area contributed by atoms with Gasteiger partial charge in [0.05, 0.1) is 0 Å². The number of nitrogens with one attached hydrogen (secondary N) is 2. The lowest BCUT2D eigenvalue weighted by molar-refractivity contribution is -0.120. The molecule has 96 valence electrons. The van der Waals surface area contributed by atoms with E-state index >= 15 is 0 Å². The van der Waals surface area contributed by atoms with Crippen LogP contribution in [-0.2, 0) is 4.79 Å². The Hall–Kier alpha value is -0.570. The molecule has 3 nitrogen and oxygen atoms in total. The van der Waals surface area contributed by atoms with Crippen LogP contribution in [0.1, 0.15) is 58.8 Å². The number of carbonyl (C=O) groups excluding carboxylic acids is 1. The van der Waals surface area contributed by atoms with Crippen LogP contribution in [0.15, 0.2) is 0 Å². The van der Waals surface area contributed by atoms with E-state index in [1.807, 2.05) is 6.92 Å². The van der Waals surface area contributed by atoms with Gasteiger partial charge in [0.1, 0.15) is 0 Å². The standard InChI is InChI=1S/C13H28N2O/c1-3-5-6-7-8-9-11-14-12-10-13(16)15-4-2/h14H,3-12H2,1-2H3,(H,15,16). The topological polar surface area (TPSA) is 41.1 Å². The van der Waals surface area contributed by atoms with Crippen molar-refractivity contribution in [2.24, 2.45) is 0 Å². The fraction of sp³-hybridized carbons (Fsp3) is 0.923. The van der Waals surface area contributed by atoms with Gasteiger partial charge in [-0.05, 0) is 19.9 Å². The average molecular weight is 228 g/mol. The molecule has 0 unspecified atom stereocenters. The Labute approximate surface area is 100 Å². The summed E-state index contributed by atoms with van der Waals surface area (Å²) in [6.07, 6.45) is 8.55. The Morgan fingerprint density at radius 1 is 0.938 bits per heavy atom. The van der Waals surface area contributed by atoms with Crippen LogP contribution < -0.4 is 10.6 Å². The first-order valence-electron chi connectivity index (χ1n) is 6.78. The van der Waals surface area contributed by atoms with Gasteiger partial charge in [-0.2, -0.15) is 0 Å². The van der Waals surface area contributed by atoms with E-state index in [2.05, 4.69) is 17.6 Å². The second-order valence-electron chi connectivity index (χ2n) is 4.22. The van der Waals surface area contributed by atoms with E-state index in [-0.39, 0.29) is 5.91 Å². The smallest absolute Gasteiger partial charge is 0.221 e. The summed E-state index contributed by atoms with van der Waals surface area (Å²) in [6, 6.07) is 0. The predicted molar refractivity (Wildman–Crippen MR) is 69.5 cm³/mol. The van der Waals surface area contributed by atoms with E-state index in [1.165, 1.54) is 38.5 Å². The van der Waals surface area contributed by atoms with Crippen LogP contribution in [0.5, 0.6) is 0 Å². The molecule has 0 atom stereocenters. The molecule has 0 aromatic heterocycles. The molecular formula is C13H28N2O. The maximum absolute atomic E-state index is 11.1. The van der Waals surface area contributed by atoms with Gasteiger partial charge in [0.2, 0.25) is 5.91 Å². The molecule has 0 fully saturated rings. The summed E-state index contributed by atoms with van der Waals surface area (Å²) in [4.78, 5) is 11.1. The molecule has 16 heavy (non-hydrogen) atoms. The van der Waals surface area contributed by atoms with Gasteiger partial charge in [-0.25, -0.2) is 0 Å². The highest BCUT2D eigenvalue weighted by Crippen LogP contribution is 2.03. The molecule has 1 amide bonds. The van der Waals surface area contributed by atoms with Gasteiger partial charge >= 0.3 is 0 Å². The monoisotopic (exact) mass is 228 g/mol. The Kier molecular flexibility index (Phi) is 12.1. The van der Waals surface area contributed by atoms with Gasteiger partial charge in [-0.1, -0.05) is 39.0 Å². The molecule has 0 radical (unpaired) electrons. The molecule has 0 spiro atoms. The van der Waals surface area contributed by atoms with E-state index in [4.69, 9.17) is 0 Å². The van der Waals surface area contributed by atoms with Crippen LogP contribution in [0, 0.1) is 0 Å². The molecule has 3 heteroatoms. The molecule has 0 aliphatic heterocycles. The summed E-state index contributed by atoms with van der Waals surface area (Å²) >= 11 is 0. The number of hydrogen-bond acceptors (Lipinski definition) is 2. The van der Waals surface area contributed by atoms with Gasteiger partial charge in [-0.15, -0.1) is 0 Å². The zero-order chi connectivity index (χ0) is 12.1. The van der Waals surface area contributed by atoms with Crippen molar-refractivity contribution in [3.63, 3.8) is 0 Å². The van der Waals surface area contributed by atoms with Crippen molar-refractivity contribution < 1.29 is 4.79 Å². The molecule has 2 N–H and O–H groups in total. The van der Waals surface area contributed by atoms with E-state index < -0.39 is 0 Å². The number of rotatable bonds is 11. The van der Waals surface area contributed by atoms with Crippen LogP contribution in [0.3, 0.4) is 0 Å². The fourth-order valence-corrected chi connectivity index (χ4v) is 1.64. The highest BCUT2D eigenvalue weighted by Gasteiger charge is 1.97. The van der Waals surface area contributed by atoms with Crippen molar-refractivity contribution in [1.82, 2.24) is 10.6 Å². The van der Waals surface area contributed by atoms with Crippen LogP contribution in [-0.4, -0.2) is 25.5 Å². The lowest BCUT2D eigenvalue weighted by Crippen LogP contribution is -2.27. The van der Waals surface area contributed by atoms with Crippen LogP contribution in [0.25, 0.3) is 0 Å². The molecule has 0 aromatic carbocycles. The lowest BCUT2D eigenvalue weighted by atomic mass is 10.1. The average Bonchev–Trinajstić information content (AvgIpc) is 2.27. The maximum Gasteiger partial charge on any atom is 0.221 e. The summed E-state index contributed by atoms with van der Waals surface area (Å²) in [5, 5.41) is 6.10. The first-order valence-corrected chi connectivity index (χ1v) is 6.78. The third-order valence-corrected chi connectivity index (χ3v) is 2.61. The van der Waals surface area contributed by atoms with Gasteiger partial charge < -0.3 is 10.6 Å². The minimum absolute atomic E-state index is 0.151. The normalized spacial score (nSPS) is 10.4. The third kappa shape index (κ3) is 11.5. The van der Waals surface area contributed by atoms with Crippen molar-refractivity contribution in [3.8, 4) is 0 Å². The zero-order valence-corrected chi connectivity index (χ0v) is 11.0. The quantitative estimate of drug-likeness (QED) is 0.533. The number of carbonyl (C=O) groups is 1. The van der Waals surface area contributed by atoms with Crippen molar-refractivity contribution in [1.29, 1.82) is 0 Å². The van der Waals surface area contributed by atoms with Crippen LogP contribution >= 0.6 is 0 Å². The van der Waals surface area contributed by atoms with Crippen LogP contribution in [0.2, 0.25) is 0 Å². The number of unbranched alkanes of at least 4 members (excludes halogenated alkanes) is 5. The lowest BCUT2D eigenvalue weighted by Gasteiger charge is -2.04. The van der Waals surface area contributed by atoms with Crippen molar-refractivity contribution >= 4 is 5.91 Å². The second kappa shape index (κ2) is 12.5. The van der Waals surface area contributed by atoms with E-state index in [0.717, 1.165) is 19.6 Å². The molecule has 0 aromatic rings. The second-order valence-corrected chi connectivity index (χ2v) is 4.22. The third-order valence-electron chi connectivity index (χ3n) is 2.61. The van der Waals surface area contributed by atoms with E-state index in [1.54, 1.807) is 0 Å². The molecule has 0 saturated heterocycles. The van der Waals surface area contributed by atoms with Gasteiger partial charge in [-0.3, -0.25) is 4.79 Å². The Morgan fingerprint density at radius 3 is 2.31 bits per heavy atom. The predicted octanol–water partition coefficient (Wildman–Crippen LogP) is 2.46. The zero-order valence-electron chi connectivity index (χ0n) is 11.0. The molecular weight excluding hydrogens is 200 g/mol. The van der Waals surface area contributed by atoms with Crippen molar-refractivity contribution in [3.05, 3.63) is 0 Å². The van der Waals surface area contributed by atoms with E-state index in [0.29, 0.717) is 6.42 Å². The van der Waals surface area contributed by atoms with Crippen LogP contribution in [0.4, 0.5) is 0 Å². The summed E-state index contributed by atoms with van der Waals surface area (Å²) in [5.41, 5.74) is 0. The molecule has 0 heterocycles. The highest BCUT2D eigenvalue weighted by atomic mass is 16.1. The molecule has 0 aliphatic carbocycles. The molecule has 0 saturated carbocycles. The number of amides is 1. The van der Waals surface area contributed by atoms with E-state index in [9.17, 15) is 4.79 Å². The van der Waals surface area contributed by atoms with Gasteiger partial charge in [0, 0.05) is 19.5 Å². The molecule has 0 rings (SSSR count). The summed E-state index contributed by atoms with van der Waals surface area (Å²) in [5.74, 6) is 0.151. The Bertz CT molecular complexity index is 160. The summed E-state index contributed by atoms with van der Waals surface area (Å²) < 4.78 is 0. The minimum atomic E-state index is 0.151. The Balaban J connectivity index is 3.01. The minimum Gasteiger partial charge on any atom is -0.356 e. The fourth-order valence-electron chi connectivity index (χ4n) is 1.64. The van der Waals surface area contributed by atoms with Gasteiger partial charge in [0.25, 0.3) is 0 Å².